The van der Waals surface area contributed by atoms with Crippen molar-refractivity contribution in [3.63, 3.8) is 0 Å². The number of rotatable bonds is 9. The maximum absolute atomic E-state index is 11.1. The Bertz CT molecular complexity index is 798. The fourth-order valence-electron chi connectivity index (χ4n) is 2.93. The van der Waals surface area contributed by atoms with Gasteiger partial charge in [-0.25, -0.2) is 0 Å². The molecule has 0 aliphatic rings. The molecule has 5 heteroatoms. The van der Waals surface area contributed by atoms with Gasteiger partial charge >= 0.3 is 5.97 Å². The average molecular weight is 368 g/mol. The zero-order valence-corrected chi connectivity index (χ0v) is 16.3. The quantitative estimate of drug-likeness (QED) is 0.298. The van der Waals surface area contributed by atoms with Gasteiger partial charge in [-0.2, -0.15) is 0 Å². The minimum absolute atomic E-state index is 0.0739. The fourth-order valence-corrected chi connectivity index (χ4v) is 2.93. The molecule has 2 aromatic rings. The van der Waals surface area contributed by atoms with Gasteiger partial charge in [0.1, 0.15) is 11.6 Å². The first-order valence-electron chi connectivity index (χ1n) is 9.18. The first kappa shape index (κ1) is 20.5. The van der Waals surface area contributed by atoms with Crippen molar-refractivity contribution >= 4 is 11.8 Å². The molecule has 0 saturated carbocycles. The molecule has 2 aromatic carbocycles. The van der Waals surface area contributed by atoms with Crippen LogP contribution in [-0.2, 0) is 9.53 Å². The molecule has 0 spiro atoms. The van der Waals surface area contributed by atoms with E-state index in [0.717, 1.165) is 47.3 Å². The largest absolute Gasteiger partial charge is 0.493 e. The zero-order chi connectivity index (χ0) is 19.8. The van der Waals surface area contributed by atoms with Crippen molar-refractivity contribution in [1.29, 1.82) is 5.41 Å². The second-order valence-electron chi connectivity index (χ2n) is 6.59. The molecule has 0 heterocycles. The highest BCUT2D eigenvalue weighted by Gasteiger charge is 2.10. The van der Waals surface area contributed by atoms with Crippen molar-refractivity contribution in [3.8, 4) is 16.9 Å². The molecule has 3 N–H and O–H groups in total. The number of nitrogen functional groups attached to an aromatic ring is 1. The number of nitrogens with one attached hydrogen (secondary N) is 1. The van der Waals surface area contributed by atoms with E-state index in [1.807, 2.05) is 30.3 Å². The molecular formula is C22H28N2O3. The second kappa shape index (κ2) is 9.76. The standard InChI is InChI=1S/C22H28N2O3/c1-15-16(2)20(27-14-6-4-5-7-21(25)26-3)13-12-19(15)17-8-10-18(11-9-17)22(23)24/h8-13H,4-7,14H2,1-3H3,(H3,23,24). The summed E-state index contributed by atoms with van der Waals surface area (Å²) in [5.74, 6) is 0.809. The van der Waals surface area contributed by atoms with E-state index in [0.29, 0.717) is 13.0 Å². The molecule has 0 atom stereocenters. The number of methoxy groups -OCH3 is 1. The van der Waals surface area contributed by atoms with Crippen LogP contribution in [0.15, 0.2) is 36.4 Å². The van der Waals surface area contributed by atoms with Crippen LogP contribution in [0.5, 0.6) is 5.75 Å². The molecule has 0 aromatic heterocycles. The molecule has 0 radical (unpaired) electrons. The van der Waals surface area contributed by atoms with Gasteiger partial charge in [0.15, 0.2) is 0 Å². The van der Waals surface area contributed by atoms with E-state index in [-0.39, 0.29) is 11.8 Å². The Balaban J connectivity index is 1.96. The van der Waals surface area contributed by atoms with Crippen LogP contribution in [0.4, 0.5) is 0 Å². The molecule has 0 bridgehead atoms. The average Bonchev–Trinajstić information content (AvgIpc) is 2.67. The SMILES string of the molecule is COC(=O)CCCCCOc1ccc(-c2ccc(C(=N)N)cc2)c(C)c1C. The topological polar surface area (TPSA) is 85.4 Å². The Hall–Kier alpha value is -2.82. The minimum atomic E-state index is -0.158. The van der Waals surface area contributed by atoms with Crippen molar-refractivity contribution in [2.24, 2.45) is 5.73 Å². The van der Waals surface area contributed by atoms with Gasteiger partial charge in [0.25, 0.3) is 0 Å². The predicted octanol–water partition coefficient (Wildman–Crippen LogP) is 4.37. The number of hydrogen-bond acceptors (Lipinski definition) is 4. The van der Waals surface area contributed by atoms with Crippen LogP contribution in [0.2, 0.25) is 0 Å². The third-order valence-electron chi connectivity index (χ3n) is 4.75. The highest BCUT2D eigenvalue weighted by molar-refractivity contribution is 5.95. The number of amidine groups is 1. The summed E-state index contributed by atoms with van der Waals surface area (Å²) in [6, 6.07) is 11.8. The molecule has 0 fully saturated rings. The summed E-state index contributed by atoms with van der Waals surface area (Å²) in [4.78, 5) is 11.1. The monoisotopic (exact) mass is 368 g/mol. The molecule has 0 unspecified atom stereocenters. The van der Waals surface area contributed by atoms with E-state index in [9.17, 15) is 4.79 Å². The second-order valence-corrected chi connectivity index (χ2v) is 6.59. The van der Waals surface area contributed by atoms with E-state index >= 15 is 0 Å². The Morgan fingerprint density at radius 1 is 1.00 bits per heavy atom. The number of carbonyl (C=O) groups is 1. The molecule has 0 saturated heterocycles. The van der Waals surface area contributed by atoms with Crippen LogP contribution in [0.1, 0.15) is 42.4 Å². The third-order valence-corrected chi connectivity index (χ3v) is 4.75. The zero-order valence-electron chi connectivity index (χ0n) is 16.3. The fraction of sp³-hybridized carbons (Fsp3) is 0.364. The number of nitrogens with two attached hydrogens (primary N) is 1. The maximum Gasteiger partial charge on any atom is 0.305 e. The van der Waals surface area contributed by atoms with E-state index < -0.39 is 0 Å². The number of carbonyl (C=O) groups excluding carboxylic acids is 1. The van der Waals surface area contributed by atoms with Crippen LogP contribution in [0, 0.1) is 19.3 Å². The van der Waals surface area contributed by atoms with Gasteiger partial charge < -0.3 is 15.2 Å². The maximum atomic E-state index is 11.1. The van der Waals surface area contributed by atoms with Crippen molar-refractivity contribution in [3.05, 3.63) is 53.1 Å². The van der Waals surface area contributed by atoms with Gasteiger partial charge in [-0.05, 0) is 61.4 Å². The molecule has 144 valence electrons. The van der Waals surface area contributed by atoms with E-state index in [1.165, 1.54) is 12.7 Å². The predicted molar refractivity (Wildman–Crippen MR) is 108 cm³/mol. The van der Waals surface area contributed by atoms with Gasteiger partial charge in [-0.1, -0.05) is 30.3 Å². The Morgan fingerprint density at radius 2 is 1.70 bits per heavy atom. The number of unbranched alkanes of at least 4 members (excludes halogenated alkanes) is 2. The van der Waals surface area contributed by atoms with Gasteiger partial charge in [0.05, 0.1) is 13.7 Å². The first-order chi connectivity index (χ1) is 12.9. The summed E-state index contributed by atoms with van der Waals surface area (Å²) < 4.78 is 10.6. The summed E-state index contributed by atoms with van der Waals surface area (Å²) in [6.07, 6.45) is 3.13. The van der Waals surface area contributed by atoms with E-state index in [2.05, 4.69) is 24.7 Å². The molecular weight excluding hydrogens is 340 g/mol. The van der Waals surface area contributed by atoms with Crippen LogP contribution in [-0.4, -0.2) is 25.5 Å². The summed E-state index contributed by atoms with van der Waals surface area (Å²) >= 11 is 0. The van der Waals surface area contributed by atoms with Crippen LogP contribution in [0.25, 0.3) is 11.1 Å². The normalized spacial score (nSPS) is 10.5. The number of hydrogen-bond donors (Lipinski definition) is 2. The van der Waals surface area contributed by atoms with Gasteiger partial charge in [0, 0.05) is 12.0 Å². The molecule has 5 nitrogen and oxygen atoms in total. The lowest BCUT2D eigenvalue weighted by Crippen LogP contribution is -2.10. The summed E-state index contributed by atoms with van der Waals surface area (Å²) in [6.45, 7) is 4.79. The minimum Gasteiger partial charge on any atom is -0.493 e. The molecule has 27 heavy (non-hydrogen) atoms. The summed E-state index contributed by atoms with van der Waals surface area (Å²) in [5, 5.41) is 7.49. The van der Waals surface area contributed by atoms with Crippen molar-refractivity contribution in [2.75, 3.05) is 13.7 Å². The Morgan fingerprint density at radius 3 is 2.33 bits per heavy atom. The lowest BCUT2D eigenvalue weighted by atomic mass is 9.95. The molecule has 0 aliphatic heterocycles. The lowest BCUT2D eigenvalue weighted by Gasteiger charge is -2.15. The van der Waals surface area contributed by atoms with E-state index in [4.69, 9.17) is 15.9 Å². The summed E-state index contributed by atoms with van der Waals surface area (Å²) in [5.41, 5.74) is 10.8. The molecule has 0 amide bonds. The number of ether oxygens (including phenoxy) is 2. The van der Waals surface area contributed by atoms with Gasteiger partial charge in [0.2, 0.25) is 0 Å². The van der Waals surface area contributed by atoms with Crippen LogP contribution >= 0.6 is 0 Å². The first-order valence-corrected chi connectivity index (χ1v) is 9.18. The van der Waals surface area contributed by atoms with Crippen molar-refractivity contribution in [2.45, 2.75) is 39.5 Å². The highest BCUT2D eigenvalue weighted by Crippen LogP contribution is 2.31. The van der Waals surface area contributed by atoms with Gasteiger partial charge in [-0.3, -0.25) is 10.2 Å². The molecule has 0 aliphatic carbocycles. The van der Waals surface area contributed by atoms with Crippen LogP contribution in [0.3, 0.4) is 0 Å². The third kappa shape index (κ3) is 5.58. The Labute approximate surface area is 161 Å². The summed E-state index contributed by atoms with van der Waals surface area (Å²) in [7, 11) is 1.41. The Kier molecular flexibility index (Phi) is 7.41. The smallest absolute Gasteiger partial charge is 0.305 e. The van der Waals surface area contributed by atoms with Crippen molar-refractivity contribution < 1.29 is 14.3 Å². The van der Waals surface area contributed by atoms with E-state index in [1.54, 1.807) is 0 Å². The van der Waals surface area contributed by atoms with Gasteiger partial charge in [-0.15, -0.1) is 0 Å². The molecule has 2 rings (SSSR count). The lowest BCUT2D eigenvalue weighted by molar-refractivity contribution is -0.140. The highest BCUT2D eigenvalue weighted by atomic mass is 16.5. The van der Waals surface area contributed by atoms with Crippen molar-refractivity contribution in [1.82, 2.24) is 0 Å². The number of esters is 1. The number of benzene rings is 2. The van der Waals surface area contributed by atoms with Crippen LogP contribution < -0.4 is 10.5 Å².